The number of hydrogen-bond donors (Lipinski definition) is 1. The number of unbranched alkanes of at least 4 members (excludes halogenated alkanes) is 1. The van der Waals surface area contributed by atoms with Gasteiger partial charge in [-0.05, 0) is 39.2 Å². The molecule has 1 aromatic heterocycles. The van der Waals surface area contributed by atoms with Crippen LogP contribution in [0.2, 0.25) is 0 Å². The van der Waals surface area contributed by atoms with Crippen LogP contribution in [0.5, 0.6) is 0 Å². The second-order valence-electron chi connectivity index (χ2n) is 7.18. The van der Waals surface area contributed by atoms with Crippen LogP contribution in [0.4, 0.5) is 5.82 Å². The highest BCUT2D eigenvalue weighted by Crippen LogP contribution is 2.31. The van der Waals surface area contributed by atoms with E-state index < -0.39 is 0 Å². The molecule has 1 heterocycles. The van der Waals surface area contributed by atoms with E-state index in [1.807, 2.05) is 6.92 Å². The molecule has 3 rings (SSSR count). The van der Waals surface area contributed by atoms with E-state index in [-0.39, 0.29) is 0 Å². The van der Waals surface area contributed by atoms with E-state index in [1.165, 1.54) is 11.1 Å². The third-order valence-corrected chi connectivity index (χ3v) is 4.79. The van der Waals surface area contributed by atoms with E-state index in [0.717, 1.165) is 59.8 Å². The highest BCUT2D eigenvalue weighted by Gasteiger charge is 2.16. The topological polar surface area (TPSA) is 37.8 Å². The van der Waals surface area contributed by atoms with Crippen molar-refractivity contribution in [3.63, 3.8) is 0 Å². The molecule has 0 bridgehead atoms. The summed E-state index contributed by atoms with van der Waals surface area (Å²) in [7, 11) is 0. The standard InChI is InChI=1S/C24H29N3/c1-5-6-16-25-24-19(4)26-22(21-14-11-18(3)12-15-21)23(27-24)20-9-7-8-17(2)10-13-20/h8-15H,5-7,16H2,1-4H3,(H,25,27). The molecule has 3 nitrogen and oxygen atoms in total. The second kappa shape index (κ2) is 8.81. The molecular formula is C24H29N3. The first-order valence-electron chi connectivity index (χ1n) is 9.83. The number of benzene rings is 1. The maximum atomic E-state index is 5.02. The number of allylic oxidation sites excluding steroid dienone is 6. The summed E-state index contributed by atoms with van der Waals surface area (Å²) in [5, 5.41) is 3.47. The molecule has 1 aromatic carbocycles. The molecule has 0 fully saturated rings. The first-order chi connectivity index (χ1) is 13.1. The van der Waals surface area contributed by atoms with Gasteiger partial charge in [0.2, 0.25) is 0 Å². The van der Waals surface area contributed by atoms with Crippen LogP contribution in [0, 0.1) is 13.8 Å². The SMILES string of the molecule is CCCCNc1nc(C2=CCC=C(C)C=C2)c(-c2ccc(C)cc2)nc1C. The number of aromatic nitrogens is 2. The van der Waals surface area contributed by atoms with Gasteiger partial charge in [-0.25, -0.2) is 9.97 Å². The lowest BCUT2D eigenvalue weighted by Gasteiger charge is -2.15. The molecule has 2 aromatic rings. The quantitative estimate of drug-likeness (QED) is 0.618. The fourth-order valence-corrected chi connectivity index (χ4v) is 3.09. The highest BCUT2D eigenvalue weighted by molar-refractivity contribution is 5.83. The van der Waals surface area contributed by atoms with Crippen LogP contribution in [-0.4, -0.2) is 16.5 Å². The molecular weight excluding hydrogens is 330 g/mol. The Labute approximate surface area is 163 Å². The van der Waals surface area contributed by atoms with Gasteiger partial charge in [-0.15, -0.1) is 0 Å². The molecule has 0 unspecified atom stereocenters. The van der Waals surface area contributed by atoms with E-state index in [4.69, 9.17) is 9.97 Å². The fourth-order valence-electron chi connectivity index (χ4n) is 3.09. The summed E-state index contributed by atoms with van der Waals surface area (Å²) in [5.74, 6) is 0.887. The van der Waals surface area contributed by atoms with Crippen LogP contribution in [0.15, 0.2) is 54.1 Å². The molecule has 1 N–H and O–H groups in total. The van der Waals surface area contributed by atoms with Gasteiger partial charge in [0.15, 0.2) is 0 Å². The minimum absolute atomic E-state index is 0.887. The van der Waals surface area contributed by atoms with Crippen molar-refractivity contribution in [1.29, 1.82) is 0 Å². The van der Waals surface area contributed by atoms with Crippen LogP contribution >= 0.6 is 0 Å². The van der Waals surface area contributed by atoms with Gasteiger partial charge >= 0.3 is 0 Å². The maximum absolute atomic E-state index is 5.02. The zero-order chi connectivity index (χ0) is 19.2. The molecule has 1 aliphatic carbocycles. The molecule has 0 amide bonds. The number of aryl methyl sites for hydroxylation is 2. The lowest BCUT2D eigenvalue weighted by atomic mass is 10.0. The second-order valence-corrected chi connectivity index (χ2v) is 7.18. The third kappa shape index (κ3) is 4.73. The average Bonchev–Trinajstić information content (AvgIpc) is 2.88. The van der Waals surface area contributed by atoms with Crippen molar-refractivity contribution < 1.29 is 0 Å². The lowest BCUT2D eigenvalue weighted by molar-refractivity contribution is 0.828. The van der Waals surface area contributed by atoms with Crippen LogP contribution in [0.3, 0.4) is 0 Å². The number of anilines is 1. The summed E-state index contributed by atoms with van der Waals surface area (Å²) in [6.45, 7) is 9.39. The fraction of sp³-hybridized carbons (Fsp3) is 0.333. The van der Waals surface area contributed by atoms with Gasteiger partial charge in [0.1, 0.15) is 5.82 Å². The number of nitrogens with zero attached hydrogens (tertiary/aromatic N) is 2. The molecule has 0 atom stereocenters. The van der Waals surface area contributed by atoms with Crippen LogP contribution in [0.1, 0.15) is 50.1 Å². The van der Waals surface area contributed by atoms with Crippen molar-refractivity contribution in [2.45, 2.75) is 47.0 Å². The number of nitrogens with one attached hydrogen (secondary N) is 1. The summed E-state index contributed by atoms with van der Waals surface area (Å²) >= 11 is 0. The Morgan fingerprint density at radius 2 is 1.70 bits per heavy atom. The smallest absolute Gasteiger partial charge is 0.148 e. The third-order valence-electron chi connectivity index (χ3n) is 4.79. The summed E-state index contributed by atoms with van der Waals surface area (Å²) in [4.78, 5) is 9.98. The molecule has 27 heavy (non-hydrogen) atoms. The predicted octanol–water partition coefficient (Wildman–Crippen LogP) is 6.26. The minimum Gasteiger partial charge on any atom is -0.369 e. The van der Waals surface area contributed by atoms with Gasteiger partial charge in [-0.1, -0.05) is 73.1 Å². The van der Waals surface area contributed by atoms with Gasteiger partial charge in [0.25, 0.3) is 0 Å². The number of rotatable bonds is 6. The molecule has 0 radical (unpaired) electrons. The van der Waals surface area contributed by atoms with E-state index in [2.05, 4.69) is 74.7 Å². The average molecular weight is 360 g/mol. The van der Waals surface area contributed by atoms with Crippen molar-refractivity contribution in [3.05, 3.63) is 71.1 Å². The lowest BCUT2D eigenvalue weighted by Crippen LogP contribution is -2.09. The van der Waals surface area contributed by atoms with Crippen molar-refractivity contribution in [2.75, 3.05) is 11.9 Å². The zero-order valence-electron chi connectivity index (χ0n) is 16.8. The molecule has 3 heteroatoms. The van der Waals surface area contributed by atoms with Crippen LogP contribution in [-0.2, 0) is 0 Å². The van der Waals surface area contributed by atoms with Crippen LogP contribution in [0.25, 0.3) is 16.8 Å². The zero-order valence-corrected chi connectivity index (χ0v) is 16.8. The van der Waals surface area contributed by atoms with Gasteiger partial charge < -0.3 is 5.32 Å². The highest BCUT2D eigenvalue weighted by atomic mass is 15.0. The van der Waals surface area contributed by atoms with E-state index in [9.17, 15) is 0 Å². The molecule has 0 saturated carbocycles. The van der Waals surface area contributed by atoms with Gasteiger partial charge in [0, 0.05) is 12.1 Å². The maximum Gasteiger partial charge on any atom is 0.148 e. The minimum atomic E-state index is 0.887. The first kappa shape index (κ1) is 19.1. The first-order valence-corrected chi connectivity index (χ1v) is 9.83. The van der Waals surface area contributed by atoms with Crippen molar-refractivity contribution >= 4 is 11.4 Å². The Morgan fingerprint density at radius 1 is 0.926 bits per heavy atom. The molecule has 140 valence electrons. The Hall–Kier alpha value is -2.68. The Bertz CT molecular complexity index is 887. The van der Waals surface area contributed by atoms with Crippen molar-refractivity contribution in [3.8, 4) is 11.3 Å². The van der Waals surface area contributed by atoms with Gasteiger partial charge in [-0.2, -0.15) is 0 Å². The van der Waals surface area contributed by atoms with E-state index >= 15 is 0 Å². The van der Waals surface area contributed by atoms with E-state index in [0.29, 0.717) is 0 Å². The summed E-state index contributed by atoms with van der Waals surface area (Å²) in [6, 6.07) is 8.53. The van der Waals surface area contributed by atoms with E-state index in [1.54, 1.807) is 0 Å². The normalized spacial score (nSPS) is 13.8. The molecule has 1 aliphatic rings. The largest absolute Gasteiger partial charge is 0.369 e. The monoisotopic (exact) mass is 359 g/mol. The van der Waals surface area contributed by atoms with Crippen molar-refractivity contribution in [2.24, 2.45) is 0 Å². The molecule has 0 saturated heterocycles. The summed E-state index contributed by atoms with van der Waals surface area (Å²) in [5.41, 5.74) is 7.60. The van der Waals surface area contributed by atoms with Gasteiger partial charge in [-0.3, -0.25) is 0 Å². The predicted molar refractivity (Wildman–Crippen MR) is 116 cm³/mol. The Kier molecular flexibility index (Phi) is 6.23. The molecule has 0 aliphatic heterocycles. The molecule has 0 spiro atoms. The number of hydrogen-bond acceptors (Lipinski definition) is 3. The summed E-state index contributed by atoms with van der Waals surface area (Å²) in [6.07, 6.45) is 12.0. The van der Waals surface area contributed by atoms with Crippen molar-refractivity contribution in [1.82, 2.24) is 9.97 Å². The van der Waals surface area contributed by atoms with Crippen LogP contribution < -0.4 is 5.32 Å². The Morgan fingerprint density at radius 3 is 2.44 bits per heavy atom. The Balaban J connectivity index is 2.08. The van der Waals surface area contributed by atoms with Gasteiger partial charge in [0.05, 0.1) is 17.1 Å². The summed E-state index contributed by atoms with van der Waals surface area (Å²) < 4.78 is 0.